The van der Waals surface area contributed by atoms with Crippen LogP contribution in [-0.4, -0.2) is 15.2 Å². The molecule has 0 aliphatic heterocycles. The Morgan fingerprint density at radius 3 is 2.38 bits per heavy atom. The smallest absolute Gasteiger partial charge is 0.181 e. The second kappa shape index (κ2) is 3.31. The molecule has 1 aromatic carbocycles. The molecule has 2 rings (SSSR count). The van der Waals surface area contributed by atoms with Crippen molar-refractivity contribution in [1.82, 2.24) is 15.2 Å². The maximum Gasteiger partial charge on any atom is 0.181 e. The number of hydrogen-bond acceptors (Lipinski definition) is 3. The molecule has 13 heavy (non-hydrogen) atoms. The number of benzene rings is 1. The van der Waals surface area contributed by atoms with Crippen LogP contribution in [0.4, 0.5) is 0 Å². The molecule has 0 amide bonds. The molecule has 1 heterocycles. The van der Waals surface area contributed by atoms with Crippen LogP contribution in [0.5, 0.6) is 0 Å². The minimum Gasteiger partial charge on any atom is -0.233 e. The minimum atomic E-state index is 0.672. The molecule has 0 aliphatic rings. The van der Waals surface area contributed by atoms with Gasteiger partial charge in [-0.2, -0.15) is 5.10 Å². The third-order valence-corrected chi connectivity index (χ3v) is 1.71. The fourth-order valence-electron chi connectivity index (χ4n) is 1.05. The number of aromatic nitrogens is 3. The van der Waals surface area contributed by atoms with Gasteiger partial charge in [0.15, 0.2) is 5.82 Å². The molecule has 0 saturated heterocycles. The maximum absolute atomic E-state index is 4.17. The van der Waals surface area contributed by atoms with Crippen LogP contribution < -0.4 is 0 Å². The van der Waals surface area contributed by atoms with Gasteiger partial charge in [0.25, 0.3) is 0 Å². The molecule has 0 bridgehead atoms. The summed E-state index contributed by atoms with van der Waals surface area (Å²) in [4.78, 5) is 4.17. The lowest BCUT2D eigenvalue weighted by Gasteiger charge is -1.97. The summed E-state index contributed by atoms with van der Waals surface area (Å²) in [6, 6.07) is 9.81. The molecular weight excluding hydrogens is 162 g/mol. The molecule has 64 valence electrons. The van der Waals surface area contributed by atoms with Gasteiger partial charge in [-0.25, -0.2) is 4.98 Å². The van der Waals surface area contributed by atoms with Crippen molar-refractivity contribution in [2.24, 2.45) is 0 Å². The van der Waals surface area contributed by atoms with Gasteiger partial charge in [0.2, 0.25) is 0 Å². The van der Waals surface area contributed by atoms with Crippen LogP contribution in [0.1, 0.15) is 5.69 Å². The fourth-order valence-corrected chi connectivity index (χ4v) is 1.05. The topological polar surface area (TPSA) is 38.7 Å². The quantitative estimate of drug-likeness (QED) is 0.657. The molecule has 0 spiro atoms. The highest BCUT2D eigenvalue weighted by Crippen LogP contribution is 2.11. The van der Waals surface area contributed by atoms with E-state index in [1.54, 1.807) is 6.20 Å². The van der Waals surface area contributed by atoms with Crippen LogP contribution in [0.25, 0.3) is 11.4 Å². The lowest BCUT2D eigenvalue weighted by molar-refractivity contribution is 0.935. The molecule has 2 aromatic rings. The van der Waals surface area contributed by atoms with Crippen LogP contribution in [0.15, 0.2) is 36.5 Å². The zero-order valence-corrected chi connectivity index (χ0v) is 7.31. The summed E-state index contributed by atoms with van der Waals surface area (Å²) in [6.07, 6.45) is 1.72. The van der Waals surface area contributed by atoms with Crippen LogP contribution in [-0.2, 0) is 0 Å². The van der Waals surface area contributed by atoms with E-state index in [-0.39, 0.29) is 0 Å². The van der Waals surface area contributed by atoms with E-state index in [1.165, 1.54) is 0 Å². The van der Waals surface area contributed by atoms with Crippen molar-refractivity contribution in [3.63, 3.8) is 0 Å². The van der Waals surface area contributed by atoms with E-state index in [4.69, 9.17) is 0 Å². The van der Waals surface area contributed by atoms with Gasteiger partial charge < -0.3 is 0 Å². The molecule has 0 radical (unpaired) electrons. The Bertz CT molecular complexity index is 381. The Kier molecular flexibility index (Phi) is 2.00. The Hall–Kier alpha value is -1.77. The zero-order valence-electron chi connectivity index (χ0n) is 7.31. The fraction of sp³-hybridized carbons (Fsp3) is 0.100. The predicted molar refractivity (Wildman–Crippen MR) is 50.0 cm³/mol. The van der Waals surface area contributed by atoms with Gasteiger partial charge >= 0.3 is 0 Å². The highest BCUT2D eigenvalue weighted by Gasteiger charge is 1.98. The van der Waals surface area contributed by atoms with Crippen LogP contribution in [0.3, 0.4) is 0 Å². The van der Waals surface area contributed by atoms with Gasteiger partial charge in [-0.05, 0) is 6.92 Å². The molecule has 0 fully saturated rings. The third kappa shape index (κ3) is 1.69. The molecule has 0 saturated carbocycles. The second-order valence-electron chi connectivity index (χ2n) is 2.79. The molecule has 0 aliphatic carbocycles. The van der Waals surface area contributed by atoms with Gasteiger partial charge in [0.1, 0.15) is 0 Å². The maximum atomic E-state index is 4.17. The summed E-state index contributed by atoms with van der Waals surface area (Å²) in [5, 5.41) is 7.93. The highest BCUT2D eigenvalue weighted by molar-refractivity contribution is 5.53. The lowest BCUT2D eigenvalue weighted by Crippen LogP contribution is -1.93. The first-order valence-corrected chi connectivity index (χ1v) is 4.08. The van der Waals surface area contributed by atoms with E-state index in [2.05, 4.69) is 15.2 Å². The van der Waals surface area contributed by atoms with E-state index in [0.717, 1.165) is 11.3 Å². The molecule has 0 unspecified atom stereocenters. The normalized spacial score (nSPS) is 9.92. The van der Waals surface area contributed by atoms with E-state index < -0.39 is 0 Å². The van der Waals surface area contributed by atoms with Gasteiger partial charge in [-0.3, -0.25) is 0 Å². The number of rotatable bonds is 1. The predicted octanol–water partition coefficient (Wildman–Crippen LogP) is 1.85. The molecular formula is C10H9N3. The monoisotopic (exact) mass is 171 g/mol. The first-order chi connectivity index (χ1) is 6.36. The summed E-state index contributed by atoms with van der Waals surface area (Å²) in [7, 11) is 0. The number of nitrogens with zero attached hydrogens (tertiary/aromatic N) is 3. The zero-order chi connectivity index (χ0) is 9.10. The van der Waals surface area contributed by atoms with Crippen molar-refractivity contribution < 1.29 is 0 Å². The average Bonchev–Trinajstić information content (AvgIpc) is 2.20. The Labute approximate surface area is 76.5 Å². The van der Waals surface area contributed by atoms with Crippen molar-refractivity contribution in [2.45, 2.75) is 6.92 Å². The molecule has 0 N–H and O–H groups in total. The van der Waals surface area contributed by atoms with E-state index in [0.29, 0.717) is 5.82 Å². The third-order valence-electron chi connectivity index (χ3n) is 1.71. The van der Waals surface area contributed by atoms with Crippen LogP contribution in [0.2, 0.25) is 0 Å². The molecule has 3 heteroatoms. The SMILES string of the molecule is Cc1cnc(-c2ccccc2)nn1. The van der Waals surface area contributed by atoms with Crippen LogP contribution >= 0.6 is 0 Å². The average molecular weight is 171 g/mol. The Morgan fingerprint density at radius 2 is 1.77 bits per heavy atom. The van der Waals surface area contributed by atoms with Gasteiger partial charge in [-0.15, -0.1) is 5.10 Å². The van der Waals surface area contributed by atoms with Crippen LogP contribution in [0, 0.1) is 6.92 Å². The van der Waals surface area contributed by atoms with E-state index >= 15 is 0 Å². The minimum absolute atomic E-state index is 0.672. The Balaban J connectivity index is 2.42. The van der Waals surface area contributed by atoms with Gasteiger partial charge in [0, 0.05) is 5.56 Å². The summed E-state index contributed by atoms with van der Waals surface area (Å²) >= 11 is 0. The van der Waals surface area contributed by atoms with Crippen molar-refractivity contribution in [1.29, 1.82) is 0 Å². The van der Waals surface area contributed by atoms with Crippen molar-refractivity contribution in [2.75, 3.05) is 0 Å². The van der Waals surface area contributed by atoms with Gasteiger partial charge in [0.05, 0.1) is 11.9 Å². The summed E-state index contributed by atoms with van der Waals surface area (Å²) in [5.74, 6) is 0.672. The second-order valence-corrected chi connectivity index (χ2v) is 2.79. The molecule has 1 aromatic heterocycles. The summed E-state index contributed by atoms with van der Waals surface area (Å²) in [5.41, 5.74) is 1.83. The van der Waals surface area contributed by atoms with Gasteiger partial charge in [-0.1, -0.05) is 30.3 Å². The first kappa shape index (κ1) is 7.86. The standard InChI is InChI=1S/C10H9N3/c1-8-7-11-10(13-12-8)9-5-3-2-4-6-9/h2-7H,1H3. The summed E-state index contributed by atoms with van der Waals surface area (Å²) < 4.78 is 0. The number of aryl methyl sites for hydroxylation is 1. The highest BCUT2D eigenvalue weighted by atomic mass is 15.1. The summed E-state index contributed by atoms with van der Waals surface area (Å²) in [6.45, 7) is 1.87. The Morgan fingerprint density at radius 1 is 1.00 bits per heavy atom. The van der Waals surface area contributed by atoms with Crippen molar-refractivity contribution in [3.8, 4) is 11.4 Å². The lowest BCUT2D eigenvalue weighted by atomic mass is 10.2. The van der Waals surface area contributed by atoms with Crippen molar-refractivity contribution in [3.05, 3.63) is 42.2 Å². The van der Waals surface area contributed by atoms with E-state index in [1.807, 2.05) is 37.3 Å². The number of hydrogen-bond donors (Lipinski definition) is 0. The first-order valence-electron chi connectivity index (χ1n) is 4.08. The largest absolute Gasteiger partial charge is 0.233 e. The van der Waals surface area contributed by atoms with E-state index in [9.17, 15) is 0 Å². The van der Waals surface area contributed by atoms with Crippen molar-refractivity contribution >= 4 is 0 Å². The molecule has 3 nitrogen and oxygen atoms in total. The molecule has 0 atom stereocenters.